The van der Waals surface area contributed by atoms with Crippen LogP contribution in [0.15, 0.2) is 12.7 Å². The van der Waals surface area contributed by atoms with Gasteiger partial charge in [0.05, 0.1) is 23.5 Å². The number of Topliss-reactive ketones (excluding diaryl/α,β-unsaturated/α-hetero) is 2. The highest BCUT2D eigenvalue weighted by Gasteiger charge is 2.85. The second kappa shape index (κ2) is 16.5. The first-order valence-corrected chi connectivity index (χ1v) is 25.0. The molecule has 0 unspecified atom stereocenters. The van der Waals surface area contributed by atoms with Gasteiger partial charge in [0.25, 0.3) is 0 Å². The van der Waals surface area contributed by atoms with Crippen LogP contribution in [0.3, 0.4) is 0 Å². The second-order valence-electron chi connectivity index (χ2n) is 22.0. The van der Waals surface area contributed by atoms with Crippen molar-refractivity contribution in [3.63, 3.8) is 0 Å². The van der Waals surface area contributed by atoms with Gasteiger partial charge < -0.3 is 10.2 Å². The van der Waals surface area contributed by atoms with Gasteiger partial charge in [-0.1, -0.05) is 72.8 Å². The quantitative estimate of drug-likeness (QED) is 0.181. The lowest BCUT2D eigenvalue weighted by Gasteiger charge is -2.40. The van der Waals surface area contributed by atoms with Crippen molar-refractivity contribution in [2.45, 2.75) is 182 Å². The van der Waals surface area contributed by atoms with Crippen molar-refractivity contribution in [3.05, 3.63) is 12.7 Å². The number of amides is 3. The number of rotatable bonds is 15. The van der Waals surface area contributed by atoms with Crippen molar-refractivity contribution >= 4 is 39.5 Å². The lowest BCUT2D eigenvalue weighted by molar-refractivity contribution is -0.147. The number of hydrogen-bond acceptors (Lipinski definition) is 8. The molecule has 7 aliphatic rings. The summed E-state index contributed by atoms with van der Waals surface area (Å²) in [5.74, 6) is -2.45. The molecule has 12 nitrogen and oxygen atoms in total. The zero-order valence-electron chi connectivity index (χ0n) is 37.8. The maximum absolute atomic E-state index is 15.4. The Morgan fingerprint density at radius 2 is 1.47 bits per heavy atom. The summed E-state index contributed by atoms with van der Waals surface area (Å²) in [5, 5.41) is 3.28. The van der Waals surface area contributed by atoms with Gasteiger partial charge in [0, 0.05) is 49.9 Å². The van der Waals surface area contributed by atoms with Gasteiger partial charge in [-0.3, -0.25) is 28.9 Å². The lowest BCUT2D eigenvalue weighted by atomic mass is 9.73. The molecular weight excluding hydrogens is 779 g/mol. The van der Waals surface area contributed by atoms with Crippen molar-refractivity contribution in [2.75, 3.05) is 26.2 Å². The Balaban J connectivity index is 1.15. The van der Waals surface area contributed by atoms with Crippen molar-refractivity contribution in [1.82, 2.24) is 24.1 Å². The van der Waals surface area contributed by atoms with Crippen LogP contribution in [-0.4, -0.2) is 102 Å². The van der Waals surface area contributed by atoms with Crippen molar-refractivity contribution < 1.29 is 32.4 Å². The fourth-order valence-corrected chi connectivity index (χ4v) is 14.6. The Kier molecular flexibility index (Phi) is 12.5. The van der Waals surface area contributed by atoms with Crippen LogP contribution < -0.4 is 10.0 Å². The summed E-state index contributed by atoms with van der Waals surface area (Å²) < 4.78 is 30.1. The number of piperidine rings is 1. The topological polar surface area (TPSA) is 153 Å². The van der Waals surface area contributed by atoms with Crippen LogP contribution in [0, 0.1) is 44.8 Å². The van der Waals surface area contributed by atoms with E-state index in [0.717, 1.165) is 90.0 Å². The largest absolute Gasteiger partial charge is 0.345 e. The number of fused-ring (bicyclic) bond motifs is 1. The van der Waals surface area contributed by atoms with Crippen LogP contribution in [0.25, 0.3) is 0 Å². The summed E-state index contributed by atoms with van der Waals surface area (Å²) in [4.78, 5) is 77.2. The zero-order chi connectivity index (χ0) is 43.6. The molecule has 60 heavy (non-hydrogen) atoms. The normalized spacial score (nSPS) is 32.7. The third-order valence-corrected chi connectivity index (χ3v) is 19.0. The number of carbonyl (C=O) groups excluding carboxylic acids is 5. The number of ketones is 2. The molecule has 4 aliphatic carbocycles. The van der Waals surface area contributed by atoms with Crippen LogP contribution in [-0.2, 0) is 34.2 Å². The van der Waals surface area contributed by atoms with Gasteiger partial charge in [0.15, 0.2) is 11.6 Å². The van der Waals surface area contributed by atoms with E-state index in [9.17, 15) is 27.6 Å². The maximum atomic E-state index is 15.4. The highest BCUT2D eigenvalue weighted by Crippen LogP contribution is 2.88. The van der Waals surface area contributed by atoms with Crippen LogP contribution in [0.1, 0.15) is 158 Å². The van der Waals surface area contributed by atoms with E-state index in [2.05, 4.69) is 49.2 Å². The molecule has 3 heterocycles. The van der Waals surface area contributed by atoms with E-state index in [4.69, 9.17) is 0 Å². The first-order valence-electron chi connectivity index (χ1n) is 23.5. The number of allylic oxidation sites excluding steroid dienone is 1. The molecule has 2 N–H and O–H groups in total. The summed E-state index contributed by atoms with van der Waals surface area (Å²) in [5.41, 5.74) is -2.23. The molecular formula is C47H75N5O7S. The molecule has 3 saturated heterocycles. The molecule has 3 amide bonds. The van der Waals surface area contributed by atoms with Crippen molar-refractivity contribution in [2.24, 2.45) is 44.8 Å². The summed E-state index contributed by atoms with van der Waals surface area (Å²) in [6.07, 6.45) is 14.5. The molecule has 7 fully saturated rings. The Morgan fingerprint density at radius 3 is 2.02 bits per heavy atom. The van der Waals surface area contributed by atoms with E-state index in [0.29, 0.717) is 32.5 Å². The third kappa shape index (κ3) is 7.74. The van der Waals surface area contributed by atoms with Gasteiger partial charge in [-0.05, 0) is 113 Å². The van der Waals surface area contributed by atoms with Gasteiger partial charge in [-0.25, -0.2) is 4.72 Å². The average molecular weight is 854 g/mol. The minimum Gasteiger partial charge on any atom is -0.345 e. The Labute approximate surface area is 360 Å². The van der Waals surface area contributed by atoms with E-state index < -0.39 is 44.9 Å². The van der Waals surface area contributed by atoms with Crippen molar-refractivity contribution in [3.8, 4) is 0 Å². The van der Waals surface area contributed by atoms with Crippen molar-refractivity contribution in [1.29, 1.82) is 0 Å². The third-order valence-electron chi connectivity index (χ3n) is 17.5. The molecule has 7 rings (SSSR count). The molecule has 0 aromatic rings. The van der Waals surface area contributed by atoms with Crippen LogP contribution in [0.2, 0.25) is 0 Å². The van der Waals surface area contributed by atoms with Gasteiger partial charge in [-0.2, -0.15) is 12.7 Å². The standard InChI is InChI=1S/C47H75N5O7S/c1-9-33-27-45(33,42(57)49-60(58,59)50-23-15-16-24-50)29-38(54)36-28-47(44(7,8)46(47)21-17-22-46)30-52(36)41(56)34(43(4,5)6)26-37(53)39(32-18-11-10-12-19-32)48-40(55)35-20-13-14-25-51(35)31(2)3/h9,31-36,39H,1,10-30H2,2-8H3,(H,48,55)(H,49,57)/t33-,34-,35+,36+,39+,45-,47-/m1/s1. The van der Waals surface area contributed by atoms with Gasteiger partial charge in [-0.15, -0.1) is 6.58 Å². The van der Waals surface area contributed by atoms with E-state index in [-0.39, 0.29) is 76.4 Å². The van der Waals surface area contributed by atoms with E-state index >= 15 is 4.79 Å². The molecule has 0 bridgehead atoms. The first kappa shape index (κ1) is 45.4. The number of likely N-dealkylation sites (tertiary alicyclic amines) is 2. The molecule has 3 aliphatic heterocycles. The lowest BCUT2D eigenvalue weighted by Crippen LogP contribution is -2.57. The summed E-state index contributed by atoms with van der Waals surface area (Å²) >= 11 is 0. The maximum Gasteiger partial charge on any atom is 0.303 e. The number of carbonyl (C=O) groups is 5. The Hall–Kier alpha value is -2.64. The summed E-state index contributed by atoms with van der Waals surface area (Å²) in [6.45, 7) is 20.6. The molecule has 336 valence electrons. The van der Waals surface area contributed by atoms with Crippen LogP contribution in [0.4, 0.5) is 0 Å². The minimum atomic E-state index is -4.06. The Bertz CT molecular complexity index is 1820. The second-order valence-corrected chi connectivity index (χ2v) is 23.7. The summed E-state index contributed by atoms with van der Waals surface area (Å²) in [6, 6.07) is -1.57. The summed E-state index contributed by atoms with van der Waals surface area (Å²) in [7, 11) is -4.06. The molecule has 0 aromatic heterocycles. The molecule has 7 atom stereocenters. The van der Waals surface area contributed by atoms with Gasteiger partial charge in [0.2, 0.25) is 17.7 Å². The molecule has 0 radical (unpaired) electrons. The monoisotopic (exact) mass is 854 g/mol. The smallest absolute Gasteiger partial charge is 0.303 e. The number of hydrogen-bond donors (Lipinski definition) is 2. The predicted molar refractivity (Wildman–Crippen MR) is 231 cm³/mol. The number of nitrogens with zero attached hydrogens (tertiary/aromatic N) is 3. The number of nitrogens with one attached hydrogen (secondary N) is 2. The van der Waals surface area contributed by atoms with Crippen LogP contribution in [0.5, 0.6) is 0 Å². The molecule has 4 saturated carbocycles. The first-order chi connectivity index (χ1) is 28.2. The molecule has 0 aromatic carbocycles. The molecule has 2 spiro atoms. The van der Waals surface area contributed by atoms with Gasteiger partial charge in [0.1, 0.15) is 0 Å². The molecule has 13 heteroatoms. The van der Waals surface area contributed by atoms with E-state index in [1.54, 1.807) is 11.0 Å². The fraction of sp³-hybridized carbons (Fsp3) is 0.851. The van der Waals surface area contributed by atoms with Crippen LogP contribution >= 0.6 is 0 Å². The Morgan fingerprint density at radius 1 is 0.833 bits per heavy atom. The van der Waals surface area contributed by atoms with E-state index in [1.165, 1.54) is 4.31 Å². The van der Waals surface area contributed by atoms with E-state index in [1.807, 2.05) is 20.8 Å². The SMILES string of the molecule is C=C[C@@H]1C[C@]1(CC(=O)[C@@H]1C[C@@]2(CN1C(=O)[C@@H](CC(=O)[C@@H](NC(=O)[C@@H]1CCCCN1C(C)C)C1CCCCC1)C(C)(C)C)C(C)(C)C21CCC1)C(=O)NS(=O)(=O)N1CCCC1. The predicted octanol–water partition coefficient (Wildman–Crippen LogP) is 6.34. The zero-order valence-corrected chi connectivity index (χ0v) is 38.6. The van der Waals surface area contributed by atoms with Gasteiger partial charge >= 0.3 is 10.2 Å². The highest BCUT2D eigenvalue weighted by molar-refractivity contribution is 7.87. The fourth-order valence-electron chi connectivity index (χ4n) is 13.3. The minimum absolute atomic E-state index is 0.00472. The highest BCUT2D eigenvalue weighted by atomic mass is 32.2. The average Bonchev–Trinajstić information content (AvgIpc) is 3.63.